The van der Waals surface area contributed by atoms with Gasteiger partial charge in [0.2, 0.25) is 0 Å². The fourth-order valence-corrected chi connectivity index (χ4v) is 14.2. The van der Waals surface area contributed by atoms with E-state index in [1.54, 1.807) is 11.8 Å². The van der Waals surface area contributed by atoms with Crippen LogP contribution in [-0.2, 0) is 5.41 Å². The van der Waals surface area contributed by atoms with Gasteiger partial charge in [0.05, 0.1) is 27.8 Å². The van der Waals surface area contributed by atoms with Crippen LogP contribution in [0.3, 0.4) is 0 Å². The number of rotatable bonds is 11. The van der Waals surface area contributed by atoms with E-state index in [4.69, 9.17) is 4.42 Å². The lowest BCUT2D eigenvalue weighted by atomic mass is 9.82. The number of hydrogen-bond acceptors (Lipinski definition) is 3. The van der Waals surface area contributed by atoms with Crippen molar-refractivity contribution in [3.05, 3.63) is 309 Å². The Bertz CT molecular complexity index is 5220. The van der Waals surface area contributed by atoms with Gasteiger partial charge in [0.1, 0.15) is 11.2 Å². The van der Waals surface area contributed by atoms with Crippen molar-refractivity contribution in [2.45, 2.75) is 36.0 Å². The largest absolute Gasteiger partial charge is 0.456 e. The predicted molar refractivity (Wildman–Crippen MR) is 368 cm³/mol. The Morgan fingerprint density at radius 2 is 0.793 bits per heavy atom. The van der Waals surface area contributed by atoms with Gasteiger partial charge < -0.3 is 18.5 Å². The van der Waals surface area contributed by atoms with E-state index in [0.29, 0.717) is 0 Å². The fraction of sp³-hybridized carbons (Fsp3) is 0.0488. The minimum absolute atomic E-state index is 0.164. The molecule has 0 aliphatic heterocycles. The number of aromatic nitrogens is 2. The molecule has 0 aliphatic carbocycles. The second-order valence-electron chi connectivity index (χ2n) is 23.7. The van der Waals surface area contributed by atoms with Gasteiger partial charge in [0.15, 0.2) is 0 Å². The first kappa shape index (κ1) is 52.0. The molecule has 3 aromatic heterocycles. The van der Waals surface area contributed by atoms with Crippen LogP contribution in [0.5, 0.6) is 0 Å². The van der Waals surface area contributed by atoms with E-state index in [2.05, 4.69) is 338 Å². The first-order chi connectivity index (χ1) is 42.8. The fourth-order valence-electron chi connectivity index (χ4n) is 13.1. The zero-order valence-corrected chi connectivity index (χ0v) is 49.3. The second-order valence-corrected chi connectivity index (χ2v) is 24.8. The van der Waals surface area contributed by atoms with Crippen LogP contribution < -0.4 is 4.90 Å². The molecule has 16 aromatic rings. The van der Waals surface area contributed by atoms with Crippen molar-refractivity contribution in [3.8, 4) is 55.9 Å². The molecule has 0 radical (unpaired) electrons. The van der Waals surface area contributed by atoms with Crippen LogP contribution in [0.15, 0.2) is 318 Å². The van der Waals surface area contributed by atoms with Crippen molar-refractivity contribution in [2.75, 3.05) is 4.90 Å². The Morgan fingerprint density at radius 1 is 0.333 bits per heavy atom. The summed E-state index contributed by atoms with van der Waals surface area (Å²) in [7, 11) is 0. The maximum Gasteiger partial charge on any atom is 0.136 e. The van der Waals surface area contributed by atoms with Crippen molar-refractivity contribution in [1.82, 2.24) is 9.13 Å². The maximum absolute atomic E-state index is 6.54. The Kier molecular flexibility index (Phi) is 12.7. The van der Waals surface area contributed by atoms with E-state index in [0.717, 1.165) is 110 Å². The first-order valence-corrected chi connectivity index (χ1v) is 30.7. The highest BCUT2D eigenvalue weighted by atomic mass is 32.2. The van der Waals surface area contributed by atoms with Crippen LogP contribution >= 0.6 is 11.8 Å². The molecule has 87 heavy (non-hydrogen) atoms. The van der Waals surface area contributed by atoms with Crippen LogP contribution in [0.2, 0.25) is 0 Å². The van der Waals surface area contributed by atoms with E-state index < -0.39 is 0 Å². The number of fused-ring (bicyclic) bond motifs is 9. The van der Waals surface area contributed by atoms with E-state index in [9.17, 15) is 0 Å². The first-order valence-electron chi connectivity index (χ1n) is 29.9. The Hall–Kier alpha value is -10.6. The number of furan rings is 1. The van der Waals surface area contributed by atoms with Crippen molar-refractivity contribution in [3.63, 3.8) is 0 Å². The SMILES string of the molecule is CC(C)(C)c1cc(-c2ccccc2)c(N(c2cccc(-c3ccc4c(c3)c3ccccc3n4-c3ccccc3)c2)c2cc(Sc3cccc4oc5ccccc5c34)cc(-c3ccc4c(c3)c3ccccc3n4-c3ccccc3)c2)c(-c2ccccc2)c1. The molecule has 0 saturated carbocycles. The molecule has 3 heterocycles. The van der Waals surface area contributed by atoms with E-state index in [1.165, 1.54) is 43.7 Å². The summed E-state index contributed by atoms with van der Waals surface area (Å²) in [5.41, 5.74) is 22.0. The number of hydrogen-bond donors (Lipinski definition) is 0. The molecular formula is C82H59N3OS. The molecule has 0 unspecified atom stereocenters. The third kappa shape index (κ3) is 9.18. The second kappa shape index (κ2) is 21.2. The monoisotopic (exact) mass is 1130 g/mol. The molecule has 0 aliphatic rings. The molecule has 0 N–H and O–H groups in total. The Balaban J connectivity index is 0.977. The van der Waals surface area contributed by atoms with Crippen LogP contribution in [0.25, 0.3) is 121 Å². The van der Waals surface area contributed by atoms with Gasteiger partial charge in [-0.3, -0.25) is 0 Å². The smallest absolute Gasteiger partial charge is 0.136 e. The van der Waals surface area contributed by atoms with Crippen molar-refractivity contribution in [1.29, 1.82) is 0 Å². The summed E-state index contributed by atoms with van der Waals surface area (Å²) >= 11 is 1.79. The van der Waals surface area contributed by atoms with Crippen molar-refractivity contribution < 1.29 is 4.42 Å². The normalized spacial score (nSPS) is 11.9. The standard InChI is InChI=1S/C82H59N3OS/c1-82(2,3)60-51-69(54-24-8-4-9-25-54)81(70(52-60)55-26-10-5-11-27-55)83(63-33-22-28-56(46-63)57-42-44-75-71(49-57)66-34-16-19-37-73(66)84(75)61-29-12-6-13-30-61)64-47-59(48-65(53-64)87-79-41-23-40-78-80(79)68-36-18-21-39-77(68)86-78)58-43-45-76-72(50-58)67-35-17-20-38-74(67)85(76)62-31-14-7-15-32-62/h4-53H,1-3H3. The molecule has 13 aromatic carbocycles. The highest BCUT2D eigenvalue weighted by molar-refractivity contribution is 7.99. The van der Waals surface area contributed by atoms with Gasteiger partial charge in [-0.2, -0.15) is 0 Å². The summed E-state index contributed by atoms with van der Waals surface area (Å²) in [4.78, 5) is 4.79. The van der Waals surface area contributed by atoms with Crippen LogP contribution in [-0.4, -0.2) is 9.13 Å². The van der Waals surface area contributed by atoms with Gasteiger partial charge >= 0.3 is 0 Å². The van der Waals surface area contributed by atoms with E-state index in [-0.39, 0.29) is 5.41 Å². The minimum Gasteiger partial charge on any atom is -0.456 e. The molecule has 5 heteroatoms. The molecule has 16 rings (SSSR count). The summed E-state index contributed by atoms with van der Waals surface area (Å²) in [6, 6.07) is 111. The van der Waals surface area contributed by atoms with E-state index in [1.807, 2.05) is 0 Å². The minimum atomic E-state index is -0.164. The summed E-state index contributed by atoms with van der Waals surface area (Å²) in [6.45, 7) is 6.98. The lowest BCUT2D eigenvalue weighted by Gasteiger charge is -2.33. The molecule has 4 nitrogen and oxygen atoms in total. The topological polar surface area (TPSA) is 26.2 Å². The molecule has 0 saturated heterocycles. The molecule has 0 atom stereocenters. The van der Waals surface area contributed by atoms with Crippen molar-refractivity contribution >= 4 is 94.4 Å². The van der Waals surface area contributed by atoms with Crippen LogP contribution in [0.4, 0.5) is 17.1 Å². The average molecular weight is 1130 g/mol. The van der Waals surface area contributed by atoms with Crippen LogP contribution in [0, 0.1) is 0 Å². The molecular weight excluding hydrogens is 1070 g/mol. The zero-order chi connectivity index (χ0) is 58.2. The number of nitrogens with zero attached hydrogens (tertiary/aromatic N) is 3. The lowest BCUT2D eigenvalue weighted by molar-refractivity contribution is 0.591. The summed E-state index contributed by atoms with van der Waals surface area (Å²) < 4.78 is 11.3. The van der Waals surface area contributed by atoms with Gasteiger partial charge in [-0.1, -0.05) is 215 Å². The highest BCUT2D eigenvalue weighted by Crippen LogP contribution is 2.52. The molecule has 0 amide bonds. The number of para-hydroxylation sites is 5. The van der Waals surface area contributed by atoms with Gasteiger partial charge in [0.25, 0.3) is 0 Å². The summed E-state index contributed by atoms with van der Waals surface area (Å²) in [5.74, 6) is 0. The maximum atomic E-state index is 6.54. The molecule has 0 bridgehead atoms. The van der Waals surface area contributed by atoms with E-state index >= 15 is 0 Å². The van der Waals surface area contributed by atoms with Gasteiger partial charge in [-0.15, -0.1) is 0 Å². The quantitative estimate of drug-likeness (QED) is 0.129. The number of benzene rings is 13. The molecule has 0 fully saturated rings. The van der Waals surface area contributed by atoms with Crippen LogP contribution in [0.1, 0.15) is 26.3 Å². The van der Waals surface area contributed by atoms with Crippen molar-refractivity contribution in [2.24, 2.45) is 0 Å². The highest BCUT2D eigenvalue weighted by Gasteiger charge is 2.28. The molecule has 414 valence electrons. The van der Waals surface area contributed by atoms with Gasteiger partial charge in [-0.25, -0.2) is 0 Å². The molecule has 0 spiro atoms. The third-order valence-electron chi connectivity index (χ3n) is 17.3. The Labute approximate surface area is 510 Å². The van der Waals surface area contributed by atoms with Gasteiger partial charge in [-0.05, 0) is 166 Å². The zero-order valence-electron chi connectivity index (χ0n) is 48.5. The summed E-state index contributed by atoms with van der Waals surface area (Å²) in [6.07, 6.45) is 0. The average Bonchev–Trinajstić information content (AvgIpc) is 1.89. The third-order valence-corrected chi connectivity index (χ3v) is 18.3. The van der Waals surface area contributed by atoms with Gasteiger partial charge in [0, 0.05) is 76.0 Å². The number of anilines is 3. The summed E-state index contributed by atoms with van der Waals surface area (Å²) in [5, 5.41) is 7.06. The Morgan fingerprint density at radius 3 is 1.38 bits per heavy atom. The lowest BCUT2D eigenvalue weighted by Crippen LogP contribution is -2.16. The predicted octanol–water partition coefficient (Wildman–Crippen LogP) is 23.4.